The summed E-state index contributed by atoms with van der Waals surface area (Å²) in [5.41, 5.74) is 6.52. The first-order valence-electron chi connectivity index (χ1n) is 12.4. The first kappa shape index (κ1) is 26.1. The third-order valence-electron chi connectivity index (χ3n) is 6.91. The maximum Gasteiger partial charge on any atom is 0.411 e. The van der Waals surface area contributed by atoms with Crippen LogP contribution in [0.1, 0.15) is 56.0 Å². The van der Waals surface area contributed by atoms with E-state index < -0.39 is 41.4 Å². The summed E-state index contributed by atoms with van der Waals surface area (Å²) in [6, 6.07) is 11.5. The molecule has 0 aromatic heterocycles. The molecule has 4 rings (SSSR count). The summed E-state index contributed by atoms with van der Waals surface area (Å²) >= 11 is 0. The molecule has 0 spiro atoms. The Labute approximate surface area is 215 Å². The zero-order valence-electron chi connectivity index (χ0n) is 21.2. The van der Waals surface area contributed by atoms with Crippen molar-refractivity contribution >= 4 is 17.9 Å². The number of primary amides is 1. The molecule has 3 N–H and O–H groups in total. The fourth-order valence-electron chi connectivity index (χ4n) is 5.23. The number of halogens is 1. The highest BCUT2D eigenvalue weighted by Crippen LogP contribution is 2.43. The van der Waals surface area contributed by atoms with Gasteiger partial charge in [0.1, 0.15) is 23.5 Å². The van der Waals surface area contributed by atoms with E-state index in [1.54, 1.807) is 57.2 Å². The highest BCUT2D eigenvalue weighted by molar-refractivity contribution is 5.93. The lowest BCUT2D eigenvalue weighted by atomic mass is 9.96. The van der Waals surface area contributed by atoms with Crippen LogP contribution in [0, 0.1) is 23.1 Å². The van der Waals surface area contributed by atoms with Gasteiger partial charge in [-0.05, 0) is 80.8 Å². The lowest BCUT2D eigenvalue weighted by Crippen LogP contribution is -2.55. The van der Waals surface area contributed by atoms with Crippen molar-refractivity contribution in [2.75, 3.05) is 0 Å². The molecule has 2 fully saturated rings. The Morgan fingerprint density at radius 2 is 1.84 bits per heavy atom. The first-order valence-corrected chi connectivity index (χ1v) is 12.4. The van der Waals surface area contributed by atoms with Crippen molar-refractivity contribution in [1.29, 1.82) is 5.26 Å². The minimum atomic E-state index is -0.970. The Morgan fingerprint density at radius 1 is 1.16 bits per heavy atom. The van der Waals surface area contributed by atoms with Gasteiger partial charge in [0.05, 0.1) is 6.07 Å². The molecule has 3 amide bonds. The topological polar surface area (TPSA) is 126 Å². The number of benzene rings is 2. The third-order valence-corrected chi connectivity index (χ3v) is 6.91. The zero-order valence-corrected chi connectivity index (χ0v) is 21.2. The van der Waals surface area contributed by atoms with Gasteiger partial charge in [-0.25, -0.2) is 9.18 Å². The Kier molecular flexibility index (Phi) is 7.21. The average Bonchev–Trinajstić information content (AvgIpc) is 3.45. The smallest absolute Gasteiger partial charge is 0.411 e. The molecular formula is C28H31FN4O4. The van der Waals surface area contributed by atoms with Crippen LogP contribution in [0.3, 0.4) is 0 Å². The number of nitrogens with zero attached hydrogens (tertiary/aromatic N) is 2. The fourth-order valence-corrected chi connectivity index (χ4v) is 5.23. The molecule has 4 atom stereocenters. The largest absolute Gasteiger partial charge is 0.444 e. The summed E-state index contributed by atoms with van der Waals surface area (Å²) in [6.07, 6.45) is 1.82. The van der Waals surface area contributed by atoms with Crippen molar-refractivity contribution in [3.63, 3.8) is 0 Å². The molecule has 1 heterocycles. The van der Waals surface area contributed by atoms with E-state index in [9.17, 15) is 24.0 Å². The number of fused-ring (bicyclic) bond motifs is 2. The van der Waals surface area contributed by atoms with E-state index in [1.807, 2.05) is 6.07 Å². The van der Waals surface area contributed by atoms with E-state index >= 15 is 0 Å². The number of nitrogens with two attached hydrogens (primary N) is 1. The summed E-state index contributed by atoms with van der Waals surface area (Å²) in [7, 11) is 0. The number of amides is 3. The zero-order chi connectivity index (χ0) is 26.9. The summed E-state index contributed by atoms with van der Waals surface area (Å²) in [5.74, 6) is -1.47. The van der Waals surface area contributed by atoms with Crippen LogP contribution in [0.4, 0.5) is 9.18 Å². The van der Waals surface area contributed by atoms with Crippen LogP contribution in [-0.2, 0) is 16.0 Å². The lowest BCUT2D eigenvalue weighted by Gasteiger charge is -2.35. The van der Waals surface area contributed by atoms with E-state index in [-0.39, 0.29) is 23.9 Å². The van der Waals surface area contributed by atoms with Gasteiger partial charge in [-0.2, -0.15) is 5.26 Å². The second-order valence-corrected chi connectivity index (χ2v) is 10.7. The van der Waals surface area contributed by atoms with Crippen LogP contribution in [0.15, 0.2) is 42.5 Å². The quantitative estimate of drug-likeness (QED) is 0.614. The molecule has 2 aromatic carbocycles. The minimum absolute atomic E-state index is 0.00818. The number of carbonyl (C=O) groups is 3. The van der Waals surface area contributed by atoms with Gasteiger partial charge in [-0.1, -0.05) is 24.3 Å². The Bertz CT molecular complexity index is 1250. The Balaban J connectivity index is 1.45. The van der Waals surface area contributed by atoms with E-state index in [4.69, 9.17) is 10.5 Å². The molecule has 2 bridgehead atoms. The van der Waals surface area contributed by atoms with E-state index in [0.29, 0.717) is 16.7 Å². The van der Waals surface area contributed by atoms with Crippen molar-refractivity contribution in [1.82, 2.24) is 10.2 Å². The average molecular weight is 507 g/mol. The predicted octanol–water partition coefficient (Wildman–Crippen LogP) is 3.93. The molecule has 1 saturated heterocycles. The molecule has 8 nitrogen and oxygen atoms in total. The van der Waals surface area contributed by atoms with Crippen molar-refractivity contribution in [2.45, 2.75) is 70.2 Å². The normalized spacial score (nSPS) is 21.3. The van der Waals surface area contributed by atoms with Gasteiger partial charge >= 0.3 is 6.09 Å². The van der Waals surface area contributed by atoms with Crippen LogP contribution in [0.25, 0.3) is 11.1 Å². The summed E-state index contributed by atoms with van der Waals surface area (Å²) in [4.78, 5) is 38.9. The highest BCUT2D eigenvalue weighted by Gasteiger charge is 2.52. The molecule has 194 valence electrons. The number of hydrogen-bond acceptors (Lipinski definition) is 5. The number of likely N-dealkylation sites (tertiary alicyclic amines) is 1. The number of hydrogen-bond donors (Lipinski definition) is 2. The van der Waals surface area contributed by atoms with Crippen molar-refractivity contribution in [2.24, 2.45) is 11.7 Å². The molecule has 1 saturated carbocycles. The Morgan fingerprint density at radius 3 is 2.43 bits per heavy atom. The molecule has 0 radical (unpaired) electrons. The lowest BCUT2D eigenvalue weighted by molar-refractivity contribution is -0.128. The monoisotopic (exact) mass is 506 g/mol. The van der Waals surface area contributed by atoms with Crippen LogP contribution in [-0.4, -0.2) is 46.5 Å². The number of piperidine rings is 1. The van der Waals surface area contributed by atoms with Gasteiger partial charge in [0.15, 0.2) is 0 Å². The minimum Gasteiger partial charge on any atom is -0.444 e. The molecule has 9 heteroatoms. The van der Waals surface area contributed by atoms with Crippen molar-refractivity contribution in [3.8, 4) is 17.2 Å². The molecule has 2 unspecified atom stereocenters. The predicted molar refractivity (Wildman–Crippen MR) is 135 cm³/mol. The molecule has 2 aromatic rings. The van der Waals surface area contributed by atoms with Gasteiger partial charge in [-0.15, -0.1) is 0 Å². The van der Waals surface area contributed by atoms with Crippen molar-refractivity contribution in [3.05, 3.63) is 59.4 Å². The number of carbonyl (C=O) groups excluding carboxylic acids is 3. The van der Waals surface area contributed by atoms with Crippen LogP contribution in [0.5, 0.6) is 0 Å². The number of nitriles is 1. The third kappa shape index (κ3) is 5.74. The number of nitrogens with one attached hydrogen (secondary N) is 1. The standard InChI is InChI=1S/C28H31FN4O4/c1-28(2,3)37-27(36)33-22-11-10-20(13-22)24(33)26(35)32-21(15-30)12-19-9-8-18(14-23(19)29)16-4-6-17(7-5-16)25(31)34/h4-9,14,20-22,24H,10-13H2,1-3H3,(H2,31,34)(H,32,35)/t20?,21?,22-,24+/m1/s1. The molecule has 2 aliphatic rings. The second-order valence-electron chi connectivity index (χ2n) is 10.7. The molecule has 1 aliphatic carbocycles. The van der Waals surface area contributed by atoms with E-state index in [0.717, 1.165) is 19.3 Å². The summed E-state index contributed by atoms with van der Waals surface area (Å²) < 4.78 is 20.5. The fraction of sp³-hybridized carbons (Fsp3) is 0.429. The highest BCUT2D eigenvalue weighted by atomic mass is 19.1. The molecular weight excluding hydrogens is 475 g/mol. The van der Waals surface area contributed by atoms with Gasteiger partial charge in [0.2, 0.25) is 11.8 Å². The maximum atomic E-state index is 15.0. The summed E-state index contributed by atoms with van der Waals surface area (Å²) in [5, 5.41) is 12.4. The van der Waals surface area contributed by atoms with Gasteiger partial charge in [-0.3, -0.25) is 14.5 Å². The molecule has 37 heavy (non-hydrogen) atoms. The van der Waals surface area contributed by atoms with Gasteiger partial charge in [0, 0.05) is 18.0 Å². The van der Waals surface area contributed by atoms with Gasteiger partial charge in [0.25, 0.3) is 0 Å². The van der Waals surface area contributed by atoms with Crippen LogP contribution < -0.4 is 11.1 Å². The van der Waals surface area contributed by atoms with Crippen LogP contribution >= 0.6 is 0 Å². The second kappa shape index (κ2) is 10.2. The SMILES string of the molecule is CC(C)(C)OC(=O)N1[C@@H]2CCC(C2)[C@H]1C(=O)NC(C#N)Cc1ccc(-c2ccc(C(N)=O)cc2)cc1F. The van der Waals surface area contributed by atoms with E-state index in [1.165, 1.54) is 11.0 Å². The van der Waals surface area contributed by atoms with Crippen molar-refractivity contribution < 1.29 is 23.5 Å². The summed E-state index contributed by atoms with van der Waals surface area (Å²) in [6.45, 7) is 5.32. The van der Waals surface area contributed by atoms with Gasteiger partial charge < -0.3 is 15.8 Å². The van der Waals surface area contributed by atoms with E-state index in [2.05, 4.69) is 5.32 Å². The molecule has 1 aliphatic heterocycles. The van der Waals surface area contributed by atoms with Crippen LogP contribution in [0.2, 0.25) is 0 Å². The number of ether oxygens (including phenoxy) is 1. The maximum absolute atomic E-state index is 15.0. The Hall–Kier alpha value is -3.93. The number of rotatable bonds is 6. The first-order chi connectivity index (χ1) is 17.5.